The Hall–Kier alpha value is -1.02. The first-order chi connectivity index (χ1) is 9.80. The van der Waals surface area contributed by atoms with Crippen LogP contribution in [0.1, 0.15) is 12.5 Å². The first-order valence-electron chi connectivity index (χ1n) is 6.88. The van der Waals surface area contributed by atoms with E-state index in [1.165, 1.54) is 0 Å². The fraction of sp³-hybridized carbons (Fsp3) is 0.500. The summed E-state index contributed by atoms with van der Waals surface area (Å²) in [5.74, 6) is 0. The van der Waals surface area contributed by atoms with Gasteiger partial charge in [-0.25, -0.2) is 8.42 Å². The van der Waals surface area contributed by atoms with Crippen LogP contribution >= 0.6 is 12.2 Å². The first kappa shape index (κ1) is 16.4. The van der Waals surface area contributed by atoms with Crippen LogP contribution in [0.2, 0.25) is 0 Å². The summed E-state index contributed by atoms with van der Waals surface area (Å²) in [4.78, 5) is 2.89. The van der Waals surface area contributed by atoms with Crippen LogP contribution in [-0.2, 0) is 16.4 Å². The lowest BCUT2D eigenvalue weighted by Crippen LogP contribution is -2.51. The summed E-state index contributed by atoms with van der Waals surface area (Å²) in [6.07, 6.45) is 0.487. The summed E-state index contributed by atoms with van der Waals surface area (Å²) in [6, 6.07) is 7.02. The minimum Gasteiger partial charge on any atom is -0.393 e. The third kappa shape index (κ3) is 3.79. The van der Waals surface area contributed by atoms with Crippen molar-refractivity contribution in [3.63, 3.8) is 0 Å². The van der Waals surface area contributed by atoms with E-state index in [2.05, 4.69) is 4.90 Å². The number of sulfonamides is 1. The van der Waals surface area contributed by atoms with E-state index < -0.39 is 10.0 Å². The lowest BCUT2D eigenvalue weighted by atomic mass is 10.1. The molecule has 1 aromatic rings. The van der Waals surface area contributed by atoms with Gasteiger partial charge in [0.1, 0.15) is 0 Å². The SMILES string of the molecule is CC1CN(S(=O)(=O)c2ccc(CC(N)=S)cc2)CCN1C. The van der Waals surface area contributed by atoms with E-state index >= 15 is 0 Å². The molecule has 1 fully saturated rings. The van der Waals surface area contributed by atoms with Gasteiger partial charge in [0, 0.05) is 32.1 Å². The van der Waals surface area contributed by atoms with Crippen LogP contribution in [0.5, 0.6) is 0 Å². The summed E-state index contributed by atoms with van der Waals surface area (Å²) >= 11 is 4.86. The Balaban J connectivity index is 2.18. The molecule has 21 heavy (non-hydrogen) atoms. The van der Waals surface area contributed by atoms with Gasteiger partial charge >= 0.3 is 0 Å². The molecule has 2 rings (SSSR count). The van der Waals surface area contributed by atoms with Gasteiger partial charge < -0.3 is 10.6 Å². The third-order valence-corrected chi connectivity index (χ3v) is 5.89. The second-order valence-corrected chi connectivity index (χ2v) is 7.94. The zero-order valence-corrected chi connectivity index (χ0v) is 14.0. The standard InChI is InChI=1S/C14H21N3O2S2/c1-11-10-17(8-7-16(11)2)21(18,19)13-5-3-12(4-6-13)9-14(15)20/h3-6,11H,7-10H2,1-2H3,(H2,15,20). The van der Waals surface area contributed by atoms with Crippen LogP contribution in [0.15, 0.2) is 29.2 Å². The average molecular weight is 327 g/mol. The number of likely N-dealkylation sites (N-methyl/N-ethyl adjacent to an activating group) is 1. The normalized spacial score (nSPS) is 21.3. The van der Waals surface area contributed by atoms with Crippen molar-refractivity contribution in [2.45, 2.75) is 24.3 Å². The Kier molecular flexibility index (Phi) is 4.98. The van der Waals surface area contributed by atoms with E-state index in [1.807, 2.05) is 14.0 Å². The number of rotatable bonds is 4. The second-order valence-electron chi connectivity index (χ2n) is 5.48. The molecule has 5 nitrogen and oxygen atoms in total. The van der Waals surface area contributed by atoms with Crippen molar-refractivity contribution in [2.75, 3.05) is 26.7 Å². The van der Waals surface area contributed by atoms with E-state index in [9.17, 15) is 8.42 Å². The molecule has 0 saturated carbocycles. The van der Waals surface area contributed by atoms with E-state index in [-0.39, 0.29) is 6.04 Å². The predicted molar refractivity (Wildman–Crippen MR) is 87.8 cm³/mol. The first-order valence-corrected chi connectivity index (χ1v) is 8.73. The molecule has 0 amide bonds. The predicted octanol–water partition coefficient (Wildman–Crippen LogP) is 0.840. The highest BCUT2D eigenvalue weighted by Gasteiger charge is 2.30. The maximum atomic E-state index is 12.6. The number of nitrogens with two attached hydrogens (primary N) is 1. The molecular formula is C14H21N3O2S2. The van der Waals surface area contributed by atoms with Gasteiger partial charge in [-0.2, -0.15) is 4.31 Å². The number of hydrogen-bond acceptors (Lipinski definition) is 4. The molecular weight excluding hydrogens is 306 g/mol. The molecule has 116 valence electrons. The highest BCUT2D eigenvalue weighted by molar-refractivity contribution is 7.89. The van der Waals surface area contributed by atoms with Gasteiger partial charge in [0.05, 0.1) is 9.88 Å². The molecule has 0 aliphatic carbocycles. The van der Waals surface area contributed by atoms with Crippen molar-refractivity contribution in [3.05, 3.63) is 29.8 Å². The van der Waals surface area contributed by atoms with Gasteiger partial charge in [-0.05, 0) is 31.7 Å². The zero-order chi connectivity index (χ0) is 15.6. The summed E-state index contributed by atoms with van der Waals surface area (Å²) in [5, 5.41) is 0. The molecule has 1 unspecified atom stereocenters. The Morgan fingerprint density at radius 3 is 2.48 bits per heavy atom. The van der Waals surface area contributed by atoms with Gasteiger partial charge in [-0.15, -0.1) is 0 Å². The topological polar surface area (TPSA) is 66.6 Å². The van der Waals surface area contributed by atoms with Crippen molar-refractivity contribution in [2.24, 2.45) is 5.73 Å². The molecule has 1 aromatic carbocycles. The number of piperazine rings is 1. The molecule has 1 heterocycles. The van der Waals surface area contributed by atoms with Crippen molar-refractivity contribution in [3.8, 4) is 0 Å². The van der Waals surface area contributed by atoms with Gasteiger partial charge in [0.2, 0.25) is 10.0 Å². The van der Waals surface area contributed by atoms with Crippen LogP contribution in [0, 0.1) is 0 Å². The van der Waals surface area contributed by atoms with Crippen molar-refractivity contribution in [1.29, 1.82) is 0 Å². The fourth-order valence-electron chi connectivity index (χ4n) is 2.36. The number of thiocarbonyl (C=S) groups is 1. The summed E-state index contributed by atoms with van der Waals surface area (Å²) in [6.45, 7) is 3.83. The molecule has 1 aliphatic heterocycles. The van der Waals surface area contributed by atoms with Crippen molar-refractivity contribution < 1.29 is 8.42 Å². The van der Waals surface area contributed by atoms with Crippen LogP contribution in [0.4, 0.5) is 0 Å². The maximum absolute atomic E-state index is 12.6. The Bertz CT molecular complexity index is 614. The molecule has 0 spiro atoms. The van der Waals surface area contributed by atoms with Crippen LogP contribution in [0.25, 0.3) is 0 Å². The number of benzene rings is 1. The largest absolute Gasteiger partial charge is 0.393 e. The van der Waals surface area contributed by atoms with Crippen LogP contribution in [-0.4, -0.2) is 55.3 Å². The van der Waals surface area contributed by atoms with Gasteiger partial charge in [-0.3, -0.25) is 0 Å². The van der Waals surface area contributed by atoms with Gasteiger partial charge in [-0.1, -0.05) is 24.4 Å². The molecule has 7 heteroatoms. The molecule has 1 saturated heterocycles. The summed E-state index contributed by atoms with van der Waals surface area (Å²) < 4.78 is 26.8. The molecule has 0 bridgehead atoms. The monoisotopic (exact) mass is 327 g/mol. The molecule has 0 aromatic heterocycles. The van der Waals surface area contributed by atoms with Crippen LogP contribution in [0.3, 0.4) is 0 Å². The molecule has 1 atom stereocenters. The van der Waals surface area contributed by atoms with E-state index in [0.717, 1.165) is 12.1 Å². The maximum Gasteiger partial charge on any atom is 0.243 e. The zero-order valence-electron chi connectivity index (χ0n) is 12.3. The lowest BCUT2D eigenvalue weighted by Gasteiger charge is -2.36. The quantitative estimate of drug-likeness (QED) is 0.830. The Labute approximate surface area is 131 Å². The Morgan fingerprint density at radius 1 is 1.33 bits per heavy atom. The molecule has 2 N–H and O–H groups in total. The van der Waals surface area contributed by atoms with E-state index in [1.54, 1.807) is 28.6 Å². The second kappa shape index (κ2) is 6.39. The van der Waals surface area contributed by atoms with Gasteiger partial charge in [0.15, 0.2) is 0 Å². The smallest absolute Gasteiger partial charge is 0.243 e. The minimum absolute atomic E-state index is 0.224. The molecule has 1 aliphatic rings. The molecule has 0 radical (unpaired) electrons. The third-order valence-electron chi connectivity index (χ3n) is 3.86. The number of hydrogen-bond donors (Lipinski definition) is 1. The highest BCUT2D eigenvalue weighted by Crippen LogP contribution is 2.20. The number of nitrogens with zero attached hydrogens (tertiary/aromatic N) is 2. The minimum atomic E-state index is -3.42. The average Bonchev–Trinajstić information content (AvgIpc) is 2.41. The van der Waals surface area contributed by atoms with Gasteiger partial charge in [0.25, 0.3) is 0 Å². The van der Waals surface area contributed by atoms with E-state index in [0.29, 0.717) is 29.4 Å². The van der Waals surface area contributed by atoms with Crippen molar-refractivity contribution >= 4 is 27.2 Å². The highest BCUT2D eigenvalue weighted by atomic mass is 32.2. The van der Waals surface area contributed by atoms with E-state index in [4.69, 9.17) is 18.0 Å². The lowest BCUT2D eigenvalue weighted by molar-refractivity contribution is 0.159. The van der Waals surface area contributed by atoms with Crippen molar-refractivity contribution in [1.82, 2.24) is 9.21 Å². The summed E-state index contributed by atoms with van der Waals surface area (Å²) in [7, 11) is -1.41. The fourth-order valence-corrected chi connectivity index (χ4v) is 4.04. The van der Waals surface area contributed by atoms with Crippen LogP contribution < -0.4 is 5.73 Å². The summed E-state index contributed by atoms with van der Waals surface area (Å²) in [5.41, 5.74) is 6.42. The Morgan fingerprint density at radius 2 is 1.95 bits per heavy atom.